The summed E-state index contributed by atoms with van der Waals surface area (Å²) in [6, 6.07) is 8.54. The van der Waals surface area contributed by atoms with E-state index < -0.39 is 0 Å². The first-order chi connectivity index (χ1) is 10.4. The summed E-state index contributed by atoms with van der Waals surface area (Å²) >= 11 is 0. The molecule has 3 atom stereocenters. The second kappa shape index (κ2) is 8.12. The van der Waals surface area contributed by atoms with E-state index in [9.17, 15) is 5.11 Å². The Morgan fingerprint density at radius 3 is 2.23 bits per heavy atom. The first-order valence-electron chi connectivity index (χ1n) is 8.93. The Bertz CT molecular complexity index is 430. The van der Waals surface area contributed by atoms with Gasteiger partial charge in [-0.15, -0.1) is 0 Å². The fourth-order valence-electron chi connectivity index (χ4n) is 3.79. The van der Waals surface area contributed by atoms with Crippen molar-refractivity contribution >= 4 is 0 Å². The minimum atomic E-state index is -0.333. The lowest BCUT2D eigenvalue weighted by Crippen LogP contribution is -2.39. The van der Waals surface area contributed by atoms with Gasteiger partial charge in [0, 0.05) is 19.6 Å². The third kappa shape index (κ3) is 5.40. The molecule has 2 heteroatoms. The van der Waals surface area contributed by atoms with Gasteiger partial charge in [-0.05, 0) is 48.1 Å². The van der Waals surface area contributed by atoms with Crippen LogP contribution in [-0.4, -0.2) is 29.6 Å². The molecule has 22 heavy (non-hydrogen) atoms. The molecule has 1 aliphatic heterocycles. The Morgan fingerprint density at radius 2 is 1.68 bits per heavy atom. The monoisotopic (exact) mass is 303 g/mol. The number of hydrogen-bond acceptors (Lipinski definition) is 2. The molecule has 0 amide bonds. The zero-order valence-corrected chi connectivity index (χ0v) is 14.8. The van der Waals surface area contributed by atoms with Crippen LogP contribution in [0.25, 0.3) is 0 Å². The molecule has 1 N–H and O–H groups in total. The topological polar surface area (TPSA) is 23.5 Å². The summed E-state index contributed by atoms with van der Waals surface area (Å²) in [6.45, 7) is 12.5. The van der Waals surface area contributed by atoms with E-state index in [0.29, 0.717) is 5.92 Å². The quantitative estimate of drug-likeness (QED) is 0.847. The van der Waals surface area contributed by atoms with Crippen molar-refractivity contribution in [3.05, 3.63) is 35.4 Å². The lowest BCUT2D eigenvalue weighted by molar-refractivity contribution is 0.103. The van der Waals surface area contributed by atoms with E-state index in [1.807, 2.05) is 0 Å². The molecule has 1 heterocycles. The molecule has 1 fully saturated rings. The van der Waals surface area contributed by atoms with Gasteiger partial charge in [0.05, 0.1) is 6.10 Å². The molecule has 1 aromatic rings. The summed E-state index contributed by atoms with van der Waals surface area (Å²) in [5.74, 6) is 2.26. The van der Waals surface area contributed by atoms with Crippen LogP contribution in [-0.2, 0) is 6.42 Å². The van der Waals surface area contributed by atoms with Crippen LogP contribution in [0.15, 0.2) is 24.3 Å². The molecule has 0 bridgehead atoms. The average Bonchev–Trinajstić information content (AvgIpc) is 2.44. The molecular formula is C20H33NO. The van der Waals surface area contributed by atoms with Gasteiger partial charge in [0.25, 0.3) is 0 Å². The number of hydrogen-bond donors (Lipinski definition) is 1. The minimum absolute atomic E-state index is 0.333. The maximum absolute atomic E-state index is 10.4. The normalized spacial score (nSPS) is 24.6. The molecule has 0 radical (unpaired) electrons. The lowest BCUT2D eigenvalue weighted by Gasteiger charge is -2.35. The Labute approximate surface area is 136 Å². The average molecular weight is 303 g/mol. The van der Waals surface area contributed by atoms with Gasteiger partial charge in [-0.25, -0.2) is 0 Å². The molecule has 124 valence electrons. The van der Waals surface area contributed by atoms with Crippen LogP contribution in [0, 0.1) is 17.8 Å². The Balaban J connectivity index is 1.82. The molecule has 1 aromatic carbocycles. The maximum Gasteiger partial charge on any atom is 0.0802 e. The molecule has 1 aliphatic rings. The number of nitrogens with zero attached hydrogens (tertiary/aromatic N) is 1. The fourth-order valence-corrected chi connectivity index (χ4v) is 3.79. The van der Waals surface area contributed by atoms with E-state index >= 15 is 0 Å². The van der Waals surface area contributed by atoms with Crippen molar-refractivity contribution in [1.82, 2.24) is 4.90 Å². The smallest absolute Gasteiger partial charge is 0.0802 e. The molecule has 0 aromatic heterocycles. The molecule has 0 aliphatic carbocycles. The van der Waals surface area contributed by atoms with Crippen LogP contribution in [0.5, 0.6) is 0 Å². The molecule has 1 saturated heterocycles. The summed E-state index contributed by atoms with van der Waals surface area (Å²) in [5, 5.41) is 10.4. The van der Waals surface area contributed by atoms with Crippen LogP contribution < -0.4 is 0 Å². The highest BCUT2D eigenvalue weighted by molar-refractivity contribution is 5.24. The van der Waals surface area contributed by atoms with Gasteiger partial charge in [0.1, 0.15) is 0 Å². The summed E-state index contributed by atoms with van der Waals surface area (Å²) in [7, 11) is 0. The number of benzene rings is 1. The van der Waals surface area contributed by atoms with Crippen molar-refractivity contribution in [3.8, 4) is 0 Å². The van der Waals surface area contributed by atoms with Crippen LogP contribution >= 0.6 is 0 Å². The summed E-state index contributed by atoms with van der Waals surface area (Å²) in [6.07, 6.45) is 2.96. The number of piperidine rings is 1. The molecule has 0 saturated carbocycles. The lowest BCUT2D eigenvalue weighted by atomic mass is 9.91. The first kappa shape index (κ1) is 17.5. The molecular weight excluding hydrogens is 270 g/mol. The van der Waals surface area contributed by atoms with Crippen molar-refractivity contribution in [2.75, 3.05) is 19.6 Å². The Hall–Kier alpha value is -0.860. The van der Waals surface area contributed by atoms with Crippen molar-refractivity contribution in [2.24, 2.45) is 17.8 Å². The van der Waals surface area contributed by atoms with Crippen molar-refractivity contribution < 1.29 is 5.11 Å². The zero-order chi connectivity index (χ0) is 16.1. The SMILES string of the molecule is CC(C)Cc1ccc(C(O)CCN2CC(C)CC(C)C2)cc1. The third-order valence-corrected chi connectivity index (χ3v) is 4.67. The highest BCUT2D eigenvalue weighted by Crippen LogP contribution is 2.23. The highest BCUT2D eigenvalue weighted by Gasteiger charge is 2.22. The largest absolute Gasteiger partial charge is 0.388 e. The second-order valence-electron chi connectivity index (χ2n) is 7.85. The predicted molar refractivity (Wildman–Crippen MR) is 93.9 cm³/mol. The molecule has 3 unspecified atom stereocenters. The Kier molecular flexibility index (Phi) is 6.46. The summed E-state index contributed by atoms with van der Waals surface area (Å²) in [4.78, 5) is 2.52. The van der Waals surface area contributed by atoms with Gasteiger partial charge < -0.3 is 10.0 Å². The number of likely N-dealkylation sites (tertiary alicyclic amines) is 1. The summed E-state index contributed by atoms with van der Waals surface area (Å²) < 4.78 is 0. The van der Waals surface area contributed by atoms with E-state index in [2.05, 4.69) is 56.9 Å². The Morgan fingerprint density at radius 1 is 1.09 bits per heavy atom. The third-order valence-electron chi connectivity index (χ3n) is 4.67. The van der Waals surface area contributed by atoms with E-state index in [0.717, 1.165) is 36.8 Å². The van der Waals surface area contributed by atoms with E-state index in [1.54, 1.807) is 0 Å². The minimum Gasteiger partial charge on any atom is -0.388 e. The maximum atomic E-state index is 10.4. The van der Waals surface area contributed by atoms with Crippen molar-refractivity contribution in [3.63, 3.8) is 0 Å². The molecule has 0 spiro atoms. The summed E-state index contributed by atoms with van der Waals surface area (Å²) in [5.41, 5.74) is 2.43. The first-order valence-corrected chi connectivity index (χ1v) is 8.93. The van der Waals surface area contributed by atoms with Gasteiger partial charge in [0.2, 0.25) is 0 Å². The van der Waals surface area contributed by atoms with Crippen LogP contribution in [0.1, 0.15) is 57.8 Å². The number of aliphatic hydroxyl groups excluding tert-OH is 1. The van der Waals surface area contributed by atoms with Gasteiger partial charge in [-0.2, -0.15) is 0 Å². The van der Waals surface area contributed by atoms with Crippen molar-refractivity contribution in [2.45, 2.75) is 53.1 Å². The van der Waals surface area contributed by atoms with E-state index in [1.165, 1.54) is 25.1 Å². The number of rotatable bonds is 6. The zero-order valence-electron chi connectivity index (χ0n) is 14.8. The van der Waals surface area contributed by atoms with Gasteiger partial charge >= 0.3 is 0 Å². The van der Waals surface area contributed by atoms with E-state index in [4.69, 9.17) is 0 Å². The van der Waals surface area contributed by atoms with Crippen molar-refractivity contribution in [1.29, 1.82) is 0 Å². The predicted octanol–water partition coefficient (Wildman–Crippen LogP) is 4.29. The van der Waals surface area contributed by atoms with E-state index in [-0.39, 0.29) is 6.10 Å². The van der Waals surface area contributed by atoms with Gasteiger partial charge in [0.15, 0.2) is 0 Å². The molecule has 2 rings (SSSR count). The van der Waals surface area contributed by atoms with Crippen LogP contribution in [0.2, 0.25) is 0 Å². The van der Waals surface area contributed by atoms with Gasteiger partial charge in [-0.3, -0.25) is 0 Å². The second-order valence-corrected chi connectivity index (χ2v) is 7.85. The fraction of sp³-hybridized carbons (Fsp3) is 0.700. The van der Waals surface area contributed by atoms with Crippen LogP contribution in [0.3, 0.4) is 0 Å². The van der Waals surface area contributed by atoms with Crippen LogP contribution in [0.4, 0.5) is 0 Å². The number of aliphatic hydroxyl groups is 1. The highest BCUT2D eigenvalue weighted by atomic mass is 16.3. The molecule has 2 nitrogen and oxygen atoms in total. The standard InChI is InChI=1S/C20H33NO/c1-15(2)11-18-5-7-19(8-6-18)20(22)9-10-21-13-16(3)12-17(4)14-21/h5-8,15-17,20,22H,9-14H2,1-4H3. The van der Waals surface area contributed by atoms with Gasteiger partial charge in [-0.1, -0.05) is 52.0 Å².